The third kappa shape index (κ3) is 9.43. The normalized spacial score (nSPS) is 31.3. The number of allylic oxidation sites excluding steroid dienone is 2. The molecule has 0 radical (unpaired) electrons. The average molecular weight is 837 g/mol. The number of likely N-dealkylation sites (tertiary alicyclic amines) is 1. The number of ketones is 1. The summed E-state index contributed by atoms with van der Waals surface area (Å²) in [4.78, 5) is 55.6. The van der Waals surface area contributed by atoms with Crippen molar-refractivity contribution < 1.29 is 63.3 Å². The number of phenols is 2. The van der Waals surface area contributed by atoms with Crippen LogP contribution in [0.4, 0.5) is 5.69 Å². The Morgan fingerprint density at radius 3 is 2.23 bits per heavy atom. The number of amides is 2. The van der Waals surface area contributed by atoms with Crippen LogP contribution < -0.4 is 14.8 Å². The third-order valence-corrected chi connectivity index (χ3v) is 12.1. The van der Waals surface area contributed by atoms with Crippen molar-refractivity contribution in [2.75, 3.05) is 32.1 Å². The molecule has 0 saturated carbocycles. The molecule has 15 heteroatoms. The quantitative estimate of drug-likeness (QED) is 0.178. The molecule has 4 heterocycles. The summed E-state index contributed by atoms with van der Waals surface area (Å²) < 4.78 is 29.9. The number of benzene rings is 2. The fourth-order valence-electron chi connectivity index (χ4n) is 8.30. The first-order valence-electron chi connectivity index (χ1n) is 20.6. The zero-order valence-corrected chi connectivity index (χ0v) is 35.9. The average Bonchev–Trinajstić information content (AvgIpc) is 3.35. The number of anilines is 1. The molecule has 0 aliphatic carbocycles. The van der Waals surface area contributed by atoms with E-state index in [1.54, 1.807) is 44.7 Å². The number of ether oxygens (including phenoxy) is 5. The summed E-state index contributed by atoms with van der Waals surface area (Å²) in [5.41, 5.74) is 0.0423. The van der Waals surface area contributed by atoms with E-state index in [1.807, 2.05) is 0 Å². The van der Waals surface area contributed by atoms with Crippen molar-refractivity contribution >= 4 is 40.0 Å². The van der Waals surface area contributed by atoms with Gasteiger partial charge in [0.2, 0.25) is 0 Å². The van der Waals surface area contributed by atoms with Crippen molar-refractivity contribution in [3.8, 4) is 23.0 Å². The van der Waals surface area contributed by atoms with Crippen LogP contribution >= 0.6 is 0 Å². The number of carbonyl (C=O) groups excluding carboxylic acids is 4. The maximum Gasteiger partial charge on any atom is 0.312 e. The minimum absolute atomic E-state index is 0.0446. The lowest BCUT2D eigenvalue weighted by atomic mass is 9.78. The van der Waals surface area contributed by atoms with Gasteiger partial charge in [-0.1, -0.05) is 58.8 Å². The number of phenolic OH excluding ortho intramolecular Hbond substituents is 2. The molecule has 328 valence electrons. The SMILES string of the molecule is COC1/C=C/OC2(C)Oc3c(C)c(O)c4c(O)c(cc(OCC(=O)N5CCCCCC5)c4c3C2=O)NC(=O)/C(C)=C/C=C/C(C)C(O)C(C)C(O)C(C)C(OC(C)=O)C1C. The van der Waals surface area contributed by atoms with E-state index in [4.69, 9.17) is 23.7 Å². The topological polar surface area (TPSA) is 211 Å². The fourth-order valence-corrected chi connectivity index (χ4v) is 8.30. The van der Waals surface area contributed by atoms with Gasteiger partial charge in [0, 0.05) is 80.3 Å². The highest BCUT2D eigenvalue weighted by atomic mass is 16.7. The van der Waals surface area contributed by atoms with Gasteiger partial charge in [-0.05, 0) is 32.8 Å². The van der Waals surface area contributed by atoms with Gasteiger partial charge in [-0.2, -0.15) is 0 Å². The molecule has 2 aromatic carbocycles. The second-order valence-corrected chi connectivity index (χ2v) is 16.5. The van der Waals surface area contributed by atoms with Crippen LogP contribution in [-0.2, 0) is 28.6 Å². The van der Waals surface area contributed by atoms with E-state index >= 15 is 0 Å². The Balaban J connectivity index is 1.66. The number of carbonyl (C=O) groups is 4. The van der Waals surface area contributed by atoms with Gasteiger partial charge in [-0.25, -0.2) is 0 Å². The predicted octanol–water partition coefficient (Wildman–Crippen LogP) is 5.83. The van der Waals surface area contributed by atoms with E-state index in [9.17, 15) is 39.6 Å². The number of aliphatic hydroxyl groups is 2. The first kappa shape index (κ1) is 46.0. The Morgan fingerprint density at radius 2 is 1.60 bits per heavy atom. The van der Waals surface area contributed by atoms with E-state index in [1.165, 1.54) is 59.3 Å². The number of fused-ring (bicyclic) bond motifs is 14. The van der Waals surface area contributed by atoms with Crippen molar-refractivity contribution in [1.82, 2.24) is 4.90 Å². The Morgan fingerprint density at radius 1 is 0.933 bits per heavy atom. The van der Waals surface area contributed by atoms with Gasteiger partial charge in [0.15, 0.2) is 12.4 Å². The van der Waals surface area contributed by atoms with Crippen LogP contribution in [-0.4, -0.2) is 106 Å². The fraction of sp³-hybridized carbons (Fsp3) is 0.556. The van der Waals surface area contributed by atoms with Crippen LogP contribution in [0, 0.1) is 30.6 Å². The monoisotopic (exact) mass is 836 g/mol. The number of rotatable bonds is 5. The highest BCUT2D eigenvalue weighted by molar-refractivity contribution is 6.21. The first-order valence-corrected chi connectivity index (χ1v) is 20.6. The summed E-state index contributed by atoms with van der Waals surface area (Å²) in [7, 11) is 1.44. The Hall–Kier alpha value is -5.12. The molecule has 2 amide bonds. The highest BCUT2D eigenvalue weighted by Crippen LogP contribution is 2.54. The van der Waals surface area contributed by atoms with Crippen LogP contribution in [0.3, 0.4) is 0 Å². The van der Waals surface area contributed by atoms with E-state index < -0.39 is 89.6 Å². The van der Waals surface area contributed by atoms with Crippen LogP contribution in [0.1, 0.15) is 90.1 Å². The molecule has 1 saturated heterocycles. The number of Topliss-reactive ketones (excluding diaryl/α,β-unsaturated/α-hetero) is 1. The summed E-state index contributed by atoms with van der Waals surface area (Å²) in [6, 6.07) is 1.29. The zero-order valence-electron chi connectivity index (χ0n) is 35.9. The van der Waals surface area contributed by atoms with Gasteiger partial charge < -0.3 is 54.3 Å². The van der Waals surface area contributed by atoms with Gasteiger partial charge >= 0.3 is 11.8 Å². The molecule has 1 fully saturated rings. The molecule has 0 spiro atoms. The van der Waals surface area contributed by atoms with Crippen LogP contribution in [0.5, 0.6) is 23.0 Å². The number of nitrogens with one attached hydrogen (secondary N) is 1. The van der Waals surface area contributed by atoms with E-state index in [0.29, 0.717) is 13.1 Å². The molecular formula is C45H60N2O13. The van der Waals surface area contributed by atoms with E-state index in [0.717, 1.165) is 25.7 Å². The standard InChI is InChI=1S/C45H60N2O13/c1-23-15-14-16-24(2)44(55)46-30-21-32(57-22-33(49)47-18-12-10-11-13-19-47)34-35(40(30)53)39(52)28(6)42-36(34)43(54)45(8,60-42)58-20-17-31(56-9)25(3)41(59-29(7)48)27(5)38(51)26(4)37(23)50/h14-17,20-21,23,25-27,31,37-38,41,50-53H,10-13,18-19,22H2,1-9H3,(H,46,55)/b15-14+,20-17+,24-16+. The summed E-state index contributed by atoms with van der Waals surface area (Å²) in [6.45, 7) is 13.3. The number of hydrogen-bond acceptors (Lipinski definition) is 13. The number of nitrogens with zero attached hydrogens (tertiary/aromatic N) is 1. The lowest BCUT2D eigenvalue weighted by Gasteiger charge is -2.38. The summed E-state index contributed by atoms with van der Waals surface area (Å²) in [5.74, 6) is -7.83. The van der Waals surface area contributed by atoms with Crippen molar-refractivity contribution in [3.05, 3.63) is 53.3 Å². The molecule has 0 aromatic heterocycles. The number of methoxy groups -OCH3 is 1. The largest absolute Gasteiger partial charge is 0.507 e. The molecule has 9 atom stereocenters. The van der Waals surface area contributed by atoms with Gasteiger partial charge in [-0.15, -0.1) is 0 Å². The molecule has 4 aliphatic heterocycles. The second kappa shape index (κ2) is 19.1. The summed E-state index contributed by atoms with van der Waals surface area (Å²) in [5, 5.41) is 48.6. The molecule has 4 aliphatic rings. The maximum absolute atomic E-state index is 14.5. The van der Waals surface area contributed by atoms with Crippen molar-refractivity contribution in [3.63, 3.8) is 0 Å². The number of aliphatic hydroxyl groups excluding tert-OH is 2. The second-order valence-electron chi connectivity index (χ2n) is 16.5. The van der Waals surface area contributed by atoms with E-state index in [2.05, 4.69) is 5.32 Å². The Bertz CT molecular complexity index is 2050. The lowest BCUT2D eigenvalue weighted by Crippen LogP contribution is -2.46. The molecular weight excluding hydrogens is 776 g/mol. The lowest BCUT2D eigenvalue weighted by molar-refractivity contribution is -0.160. The van der Waals surface area contributed by atoms with Gasteiger partial charge in [0.25, 0.3) is 17.6 Å². The third-order valence-electron chi connectivity index (χ3n) is 12.1. The van der Waals surface area contributed by atoms with Crippen LogP contribution in [0.2, 0.25) is 0 Å². The van der Waals surface area contributed by atoms with Gasteiger partial charge in [0.05, 0.1) is 41.2 Å². The molecule has 9 unspecified atom stereocenters. The Kier molecular flexibility index (Phi) is 14.6. The summed E-state index contributed by atoms with van der Waals surface area (Å²) >= 11 is 0. The first-order chi connectivity index (χ1) is 28.3. The molecule has 5 N–H and O–H groups in total. The molecule has 60 heavy (non-hydrogen) atoms. The van der Waals surface area contributed by atoms with Gasteiger partial charge in [-0.3, -0.25) is 19.2 Å². The van der Waals surface area contributed by atoms with Crippen molar-refractivity contribution in [2.45, 2.75) is 111 Å². The molecule has 6 rings (SSSR count). The number of esters is 1. The minimum atomic E-state index is -2.02. The molecule has 15 nitrogen and oxygen atoms in total. The number of hydrogen-bond donors (Lipinski definition) is 5. The molecule has 2 aromatic rings. The Labute approximate surface area is 351 Å². The number of aromatic hydroxyl groups is 2. The molecule has 5 bridgehead atoms. The summed E-state index contributed by atoms with van der Waals surface area (Å²) in [6.07, 6.45) is 7.37. The van der Waals surface area contributed by atoms with Crippen LogP contribution in [0.25, 0.3) is 10.8 Å². The highest BCUT2D eigenvalue weighted by Gasteiger charge is 2.50. The van der Waals surface area contributed by atoms with Crippen LogP contribution in [0.15, 0.2) is 42.2 Å². The zero-order chi connectivity index (χ0) is 44.2. The van der Waals surface area contributed by atoms with Crippen molar-refractivity contribution in [1.29, 1.82) is 0 Å². The van der Waals surface area contributed by atoms with Crippen molar-refractivity contribution in [2.24, 2.45) is 23.7 Å². The van der Waals surface area contributed by atoms with Gasteiger partial charge in [0.1, 0.15) is 23.4 Å². The minimum Gasteiger partial charge on any atom is -0.507 e. The van der Waals surface area contributed by atoms with E-state index in [-0.39, 0.29) is 50.6 Å². The smallest absolute Gasteiger partial charge is 0.312 e. The maximum atomic E-state index is 14.5. The predicted molar refractivity (Wildman–Crippen MR) is 223 cm³/mol.